The Bertz CT molecular complexity index is 558. The lowest BCUT2D eigenvalue weighted by Gasteiger charge is -2.11. The van der Waals surface area contributed by atoms with Crippen LogP contribution in [-0.2, 0) is 12.8 Å². The zero-order valence-corrected chi connectivity index (χ0v) is 13.5. The van der Waals surface area contributed by atoms with E-state index in [0.29, 0.717) is 5.82 Å². The zero-order valence-electron chi connectivity index (χ0n) is 11.4. The molecule has 0 aliphatic rings. The summed E-state index contributed by atoms with van der Waals surface area (Å²) in [5, 5.41) is 3.13. The number of hydrogen-bond acceptors (Lipinski definition) is 4. The molecule has 2 rings (SSSR count). The number of aromatic nitrogens is 3. The van der Waals surface area contributed by atoms with Crippen LogP contribution in [0.5, 0.6) is 0 Å². The molecular formula is C14H17IN4. The third-order valence-corrected chi connectivity index (χ3v) is 4.11. The SMILES string of the molecule is CCc1cccnc1-c1nc(CC)c(I)c(NC)n1. The minimum absolute atomic E-state index is 0.707. The van der Waals surface area contributed by atoms with Gasteiger partial charge < -0.3 is 5.32 Å². The van der Waals surface area contributed by atoms with Gasteiger partial charge in [0, 0.05) is 13.2 Å². The lowest BCUT2D eigenvalue weighted by atomic mass is 10.1. The number of aryl methyl sites for hydroxylation is 2. The summed E-state index contributed by atoms with van der Waals surface area (Å²) in [4.78, 5) is 13.7. The number of rotatable bonds is 4. The van der Waals surface area contributed by atoms with Gasteiger partial charge in [0.25, 0.3) is 0 Å². The highest BCUT2D eigenvalue weighted by atomic mass is 127. The van der Waals surface area contributed by atoms with Gasteiger partial charge in [0.05, 0.1) is 9.26 Å². The highest BCUT2D eigenvalue weighted by Gasteiger charge is 2.14. The summed E-state index contributed by atoms with van der Waals surface area (Å²) in [6.45, 7) is 4.22. The predicted molar refractivity (Wildman–Crippen MR) is 86.3 cm³/mol. The van der Waals surface area contributed by atoms with Gasteiger partial charge >= 0.3 is 0 Å². The van der Waals surface area contributed by atoms with Gasteiger partial charge in [-0.2, -0.15) is 0 Å². The summed E-state index contributed by atoms with van der Waals surface area (Å²) in [5.74, 6) is 1.58. The average Bonchev–Trinajstić information content (AvgIpc) is 2.47. The van der Waals surface area contributed by atoms with Gasteiger partial charge in [-0.3, -0.25) is 4.98 Å². The Morgan fingerprint density at radius 1 is 1.21 bits per heavy atom. The largest absolute Gasteiger partial charge is 0.372 e. The van der Waals surface area contributed by atoms with Crippen LogP contribution in [0.15, 0.2) is 18.3 Å². The van der Waals surface area contributed by atoms with Crippen LogP contribution in [0.2, 0.25) is 0 Å². The summed E-state index contributed by atoms with van der Waals surface area (Å²) in [6.07, 6.45) is 3.60. The second-order valence-corrected chi connectivity index (χ2v) is 5.20. The van der Waals surface area contributed by atoms with E-state index in [9.17, 15) is 0 Å². The topological polar surface area (TPSA) is 50.7 Å². The molecule has 0 bridgehead atoms. The fraction of sp³-hybridized carbons (Fsp3) is 0.357. The highest BCUT2D eigenvalue weighted by Crippen LogP contribution is 2.25. The zero-order chi connectivity index (χ0) is 13.8. The molecule has 0 spiro atoms. The van der Waals surface area contributed by atoms with Crippen molar-refractivity contribution in [2.24, 2.45) is 0 Å². The van der Waals surface area contributed by atoms with E-state index in [2.05, 4.69) is 62.8 Å². The van der Waals surface area contributed by atoms with Gasteiger partial charge in [-0.1, -0.05) is 19.9 Å². The second kappa shape index (κ2) is 6.27. The molecule has 0 radical (unpaired) electrons. The van der Waals surface area contributed by atoms with E-state index >= 15 is 0 Å². The van der Waals surface area contributed by atoms with Crippen LogP contribution < -0.4 is 5.32 Å². The molecule has 0 aromatic carbocycles. The Morgan fingerprint density at radius 3 is 2.63 bits per heavy atom. The molecule has 0 aliphatic carbocycles. The second-order valence-electron chi connectivity index (χ2n) is 4.12. The van der Waals surface area contributed by atoms with Gasteiger partial charge in [0.1, 0.15) is 11.5 Å². The van der Waals surface area contributed by atoms with Crippen molar-refractivity contribution in [2.45, 2.75) is 26.7 Å². The van der Waals surface area contributed by atoms with Crippen LogP contribution in [0.1, 0.15) is 25.1 Å². The molecule has 2 heterocycles. The molecule has 0 atom stereocenters. The Kier molecular flexibility index (Phi) is 4.68. The number of hydrogen-bond donors (Lipinski definition) is 1. The molecule has 2 aromatic heterocycles. The van der Waals surface area contributed by atoms with E-state index in [1.807, 2.05) is 13.1 Å². The first-order valence-electron chi connectivity index (χ1n) is 6.39. The van der Waals surface area contributed by atoms with Crippen molar-refractivity contribution in [3.63, 3.8) is 0 Å². The van der Waals surface area contributed by atoms with Crippen LogP contribution in [-0.4, -0.2) is 22.0 Å². The lowest BCUT2D eigenvalue weighted by molar-refractivity contribution is 0.975. The molecule has 4 nitrogen and oxygen atoms in total. The maximum atomic E-state index is 4.66. The molecule has 0 saturated carbocycles. The quantitative estimate of drug-likeness (QED) is 0.842. The summed E-state index contributed by atoms with van der Waals surface area (Å²) in [5.41, 5.74) is 3.11. The molecule has 2 aromatic rings. The van der Waals surface area contributed by atoms with Crippen molar-refractivity contribution in [3.8, 4) is 11.5 Å². The van der Waals surface area contributed by atoms with Crippen molar-refractivity contribution < 1.29 is 0 Å². The molecule has 19 heavy (non-hydrogen) atoms. The molecule has 0 aliphatic heterocycles. The van der Waals surface area contributed by atoms with Crippen molar-refractivity contribution in [1.29, 1.82) is 0 Å². The summed E-state index contributed by atoms with van der Waals surface area (Å²) >= 11 is 2.29. The van der Waals surface area contributed by atoms with Crippen LogP contribution in [0.25, 0.3) is 11.5 Å². The van der Waals surface area contributed by atoms with E-state index < -0.39 is 0 Å². The maximum Gasteiger partial charge on any atom is 0.180 e. The number of nitrogens with one attached hydrogen (secondary N) is 1. The number of nitrogens with zero attached hydrogens (tertiary/aromatic N) is 3. The molecule has 0 unspecified atom stereocenters. The minimum Gasteiger partial charge on any atom is -0.372 e. The van der Waals surface area contributed by atoms with Crippen molar-refractivity contribution in [2.75, 3.05) is 12.4 Å². The minimum atomic E-state index is 0.707. The monoisotopic (exact) mass is 368 g/mol. The normalized spacial score (nSPS) is 10.5. The van der Waals surface area contributed by atoms with Crippen LogP contribution in [0, 0.1) is 3.57 Å². The van der Waals surface area contributed by atoms with Gasteiger partial charge in [-0.25, -0.2) is 9.97 Å². The van der Waals surface area contributed by atoms with E-state index in [0.717, 1.165) is 33.6 Å². The molecular weight excluding hydrogens is 351 g/mol. The van der Waals surface area contributed by atoms with Crippen LogP contribution >= 0.6 is 22.6 Å². The smallest absolute Gasteiger partial charge is 0.180 e. The number of halogens is 1. The number of pyridine rings is 1. The fourth-order valence-corrected chi connectivity index (χ4v) is 2.82. The predicted octanol–water partition coefficient (Wildman–Crippen LogP) is 3.31. The first kappa shape index (κ1) is 14.2. The van der Waals surface area contributed by atoms with E-state index in [1.54, 1.807) is 6.20 Å². The highest BCUT2D eigenvalue weighted by molar-refractivity contribution is 14.1. The molecule has 0 fully saturated rings. The molecule has 0 amide bonds. The maximum absolute atomic E-state index is 4.66. The Morgan fingerprint density at radius 2 is 2.00 bits per heavy atom. The fourth-order valence-electron chi connectivity index (χ4n) is 1.92. The Labute approximate surface area is 127 Å². The summed E-state index contributed by atoms with van der Waals surface area (Å²) in [6, 6.07) is 4.03. The average molecular weight is 368 g/mol. The van der Waals surface area contributed by atoms with Crippen molar-refractivity contribution in [1.82, 2.24) is 15.0 Å². The van der Waals surface area contributed by atoms with Crippen LogP contribution in [0.4, 0.5) is 5.82 Å². The van der Waals surface area contributed by atoms with Gasteiger partial charge in [-0.05, 0) is 47.1 Å². The lowest BCUT2D eigenvalue weighted by Crippen LogP contribution is -2.06. The molecule has 1 N–H and O–H groups in total. The first-order valence-corrected chi connectivity index (χ1v) is 7.47. The van der Waals surface area contributed by atoms with E-state index in [-0.39, 0.29) is 0 Å². The van der Waals surface area contributed by atoms with Crippen LogP contribution in [0.3, 0.4) is 0 Å². The standard InChI is InChI=1S/C14H17IN4/c1-4-9-7-6-8-17-12(9)14-18-10(5-2)11(15)13(16-3)19-14/h6-8H,4-5H2,1-3H3,(H,16,18,19). The molecule has 5 heteroatoms. The van der Waals surface area contributed by atoms with E-state index in [1.165, 1.54) is 5.56 Å². The number of anilines is 1. The van der Waals surface area contributed by atoms with Crippen molar-refractivity contribution in [3.05, 3.63) is 33.2 Å². The van der Waals surface area contributed by atoms with Crippen molar-refractivity contribution >= 4 is 28.4 Å². The van der Waals surface area contributed by atoms with Gasteiger partial charge in [-0.15, -0.1) is 0 Å². The summed E-state index contributed by atoms with van der Waals surface area (Å²) in [7, 11) is 1.88. The third kappa shape index (κ3) is 2.86. The van der Waals surface area contributed by atoms with E-state index in [4.69, 9.17) is 0 Å². The van der Waals surface area contributed by atoms with Gasteiger partial charge in [0.15, 0.2) is 5.82 Å². The third-order valence-electron chi connectivity index (χ3n) is 2.98. The Balaban J connectivity index is 2.62. The molecule has 100 valence electrons. The van der Waals surface area contributed by atoms with Gasteiger partial charge in [0.2, 0.25) is 0 Å². The Hall–Kier alpha value is -1.24. The summed E-state index contributed by atoms with van der Waals surface area (Å²) < 4.78 is 1.08. The molecule has 0 saturated heterocycles. The first-order chi connectivity index (χ1) is 9.21.